The van der Waals surface area contributed by atoms with E-state index in [1.54, 1.807) is 19.2 Å². The third-order valence-electron chi connectivity index (χ3n) is 5.11. The smallest absolute Gasteiger partial charge is 0.338 e. The lowest BCUT2D eigenvalue weighted by Crippen LogP contribution is -2.12. The molecule has 0 aliphatic carbocycles. The number of aryl methyl sites for hydroxylation is 1. The molecule has 9 heteroatoms. The Morgan fingerprint density at radius 3 is 2.29 bits per heavy atom. The van der Waals surface area contributed by atoms with Gasteiger partial charge in [0.2, 0.25) is 9.84 Å². The summed E-state index contributed by atoms with van der Waals surface area (Å²) in [6.07, 6.45) is 0. The first-order chi connectivity index (χ1) is 16.3. The van der Waals surface area contributed by atoms with Crippen LogP contribution in [0.5, 0.6) is 0 Å². The Labute approximate surface area is 205 Å². The molecule has 0 amide bonds. The van der Waals surface area contributed by atoms with Crippen molar-refractivity contribution in [2.24, 2.45) is 7.05 Å². The van der Waals surface area contributed by atoms with Crippen LogP contribution in [0, 0.1) is 11.3 Å². The average molecular weight is 536 g/mol. The van der Waals surface area contributed by atoms with E-state index in [0.29, 0.717) is 16.8 Å². The molecule has 0 unspecified atom stereocenters. The summed E-state index contributed by atoms with van der Waals surface area (Å²) < 4.78 is 34.7. The molecular weight excluding hydrogens is 518 g/mol. The van der Waals surface area contributed by atoms with Gasteiger partial charge >= 0.3 is 5.97 Å². The highest BCUT2D eigenvalue weighted by atomic mass is 79.9. The molecule has 0 aliphatic heterocycles. The monoisotopic (exact) mass is 535 g/mol. The molecule has 0 saturated heterocycles. The lowest BCUT2D eigenvalue weighted by molar-refractivity contribution is 0.0469. The van der Waals surface area contributed by atoms with E-state index in [0.717, 1.165) is 4.47 Å². The lowest BCUT2D eigenvalue weighted by Gasteiger charge is -2.10. The van der Waals surface area contributed by atoms with Crippen molar-refractivity contribution in [3.63, 3.8) is 0 Å². The normalized spacial score (nSPS) is 11.1. The zero-order valence-corrected chi connectivity index (χ0v) is 20.4. The zero-order chi connectivity index (χ0) is 24.3. The van der Waals surface area contributed by atoms with Crippen LogP contribution in [0.15, 0.2) is 93.3 Å². The average Bonchev–Trinajstić information content (AvgIpc) is 3.20. The molecule has 0 spiro atoms. The number of nitrogens with zero attached hydrogens (tertiary/aromatic N) is 3. The fraction of sp³-hybridized carbons (Fsp3) is 0.0800. The van der Waals surface area contributed by atoms with Crippen LogP contribution in [0.1, 0.15) is 21.5 Å². The molecular formula is C25H18BrN3O4S. The van der Waals surface area contributed by atoms with E-state index >= 15 is 0 Å². The highest BCUT2D eigenvalue weighted by Crippen LogP contribution is 2.32. The minimum absolute atomic E-state index is 0.0543. The van der Waals surface area contributed by atoms with Gasteiger partial charge in [0.25, 0.3) is 0 Å². The number of aromatic nitrogens is 2. The molecule has 170 valence electrons. The van der Waals surface area contributed by atoms with Gasteiger partial charge in [0, 0.05) is 17.1 Å². The SMILES string of the molecule is Cn1nc(-c2ccccc2)c(COC(=O)c2ccc(C#N)cc2)c1S(=O)(=O)c1ccc(Br)cc1. The largest absolute Gasteiger partial charge is 0.457 e. The van der Waals surface area contributed by atoms with Gasteiger partial charge < -0.3 is 4.74 Å². The minimum atomic E-state index is -3.97. The maximum Gasteiger partial charge on any atom is 0.338 e. The summed E-state index contributed by atoms with van der Waals surface area (Å²) in [6, 6.07) is 23.4. The Morgan fingerprint density at radius 1 is 1.03 bits per heavy atom. The van der Waals surface area contributed by atoms with Crippen molar-refractivity contribution in [1.82, 2.24) is 9.78 Å². The molecule has 0 aliphatic rings. The van der Waals surface area contributed by atoms with Crippen LogP contribution in [-0.4, -0.2) is 24.2 Å². The third kappa shape index (κ3) is 4.64. The summed E-state index contributed by atoms with van der Waals surface area (Å²) in [7, 11) is -2.43. The molecule has 3 aromatic carbocycles. The van der Waals surface area contributed by atoms with Crippen molar-refractivity contribution in [2.75, 3.05) is 0 Å². The van der Waals surface area contributed by atoms with Crippen LogP contribution in [0.4, 0.5) is 0 Å². The number of sulfone groups is 1. The second-order valence-electron chi connectivity index (χ2n) is 7.34. The fourth-order valence-corrected chi connectivity index (χ4v) is 5.32. The number of ether oxygens (including phenoxy) is 1. The van der Waals surface area contributed by atoms with Gasteiger partial charge in [0.15, 0.2) is 5.03 Å². The molecule has 34 heavy (non-hydrogen) atoms. The number of rotatable bonds is 6. The fourth-order valence-electron chi connectivity index (χ4n) is 3.47. The van der Waals surface area contributed by atoms with Crippen LogP contribution in [-0.2, 0) is 28.2 Å². The second kappa shape index (κ2) is 9.63. The Hall–Kier alpha value is -3.74. The molecule has 1 aromatic heterocycles. The molecule has 0 saturated carbocycles. The summed E-state index contributed by atoms with van der Waals surface area (Å²) in [5.74, 6) is -0.639. The first-order valence-corrected chi connectivity index (χ1v) is 12.4. The molecule has 0 radical (unpaired) electrons. The maximum absolute atomic E-state index is 13.6. The molecule has 7 nitrogen and oxygen atoms in total. The van der Waals surface area contributed by atoms with E-state index in [2.05, 4.69) is 21.0 Å². The number of carbonyl (C=O) groups excluding carboxylic acids is 1. The Balaban J connectivity index is 1.76. The van der Waals surface area contributed by atoms with Gasteiger partial charge in [-0.3, -0.25) is 4.68 Å². The number of halogens is 1. The summed E-state index contributed by atoms with van der Waals surface area (Å²) in [4.78, 5) is 12.7. The van der Waals surface area contributed by atoms with Crippen molar-refractivity contribution in [3.05, 3.63) is 100 Å². The predicted octanol–water partition coefficient (Wildman–Crippen LogP) is 4.91. The summed E-state index contributed by atoms with van der Waals surface area (Å²) in [5, 5.41) is 13.4. The topological polar surface area (TPSA) is 102 Å². The van der Waals surface area contributed by atoms with Crippen LogP contribution in [0.2, 0.25) is 0 Å². The number of hydrogen-bond acceptors (Lipinski definition) is 6. The third-order valence-corrected chi connectivity index (χ3v) is 7.55. The van der Waals surface area contributed by atoms with E-state index in [1.165, 1.54) is 41.1 Å². The highest BCUT2D eigenvalue weighted by Gasteiger charge is 2.30. The maximum atomic E-state index is 13.6. The van der Waals surface area contributed by atoms with E-state index in [4.69, 9.17) is 10.00 Å². The standard InChI is InChI=1S/C25H18BrN3O4S/c1-29-24(34(31,32)21-13-11-20(26)12-14-21)22(23(28-29)18-5-3-2-4-6-18)16-33-25(30)19-9-7-17(15-27)8-10-19/h2-14H,16H2,1H3. The number of carbonyl (C=O) groups is 1. The first-order valence-electron chi connectivity index (χ1n) is 10.1. The van der Waals surface area contributed by atoms with Crippen molar-refractivity contribution < 1.29 is 17.9 Å². The van der Waals surface area contributed by atoms with Gasteiger partial charge in [0.05, 0.1) is 27.7 Å². The predicted molar refractivity (Wildman–Crippen MR) is 129 cm³/mol. The molecule has 0 fully saturated rings. The van der Waals surface area contributed by atoms with Crippen LogP contribution < -0.4 is 0 Å². The zero-order valence-electron chi connectivity index (χ0n) is 18.0. The van der Waals surface area contributed by atoms with Crippen LogP contribution in [0.25, 0.3) is 11.3 Å². The molecule has 0 bridgehead atoms. The molecule has 0 atom stereocenters. The summed E-state index contributed by atoms with van der Waals surface area (Å²) in [5.41, 5.74) is 2.05. The molecule has 4 aromatic rings. The minimum Gasteiger partial charge on any atom is -0.457 e. The number of esters is 1. The Kier molecular flexibility index (Phi) is 6.63. The first kappa shape index (κ1) is 23.4. The van der Waals surface area contributed by atoms with Gasteiger partial charge in [-0.2, -0.15) is 10.4 Å². The van der Waals surface area contributed by atoms with Crippen LogP contribution in [0.3, 0.4) is 0 Å². The Morgan fingerprint density at radius 2 is 1.68 bits per heavy atom. The van der Waals surface area contributed by atoms with E-state index in [9.17, 15) is 13.2 Å². The highest BCUT2D eigenvalue weighted by molar-refractivity contribution is 9.10. The number of hydrogen-bond donors (Lipinski definition) is 0. The van der Waals surface area contributed by atoms with Crippen molar-refractivity contribution in [2.45, 2.75) is 16.5 Å². The van der Waals surface area contributed by atoms with E-state index < -0.39 is 15.8 Å². The van der Waals surface area contributed by atoms with Crippen molar-refractivity contribution >= 4 is 31.7 Å². The quantitative estimate of drug-likeness (QED) is 0.325. The Bertz CT molecular complexity index is 1490. The van der Waals surface area contributed by atoms with Crippen LogP contribution >= 0.6 is 15.9 Å². The molecule has 0 N–H and O–H groups in total. The number of nitriles is 1. The van der Waals surface area contributed by atoms with Crippen molar-refractivity contribution in [3.8, 4) is 17.3 Å². The van der Waals surface area contributed by atoms with Gasteiger partial charge in [-0.05, 0) is 48.5 Å². The van der Waals surface area contributed by atoms with Crippen molar-refractivity contribution in [1.29, 1.82) is 5.26 Å². The van der Waals surface area contributed by atoms with Gasteiger partial charge in [0.1, 0.15) is 12.3 Å². The number of benzene rings is 3. The molecule has 1 heterocycles. The summed E-state index contributed by atoms with van der Waals surface area (Å²) in [6.45, 7) is -0.304. The van der Waals surface area contributed by atoms with Gasteiger partial charge in [-0.15, -0.1) is 0 Å². The van der Waals surface area contributed by atoms with Gasteiger partial charge in [-0.1, -0.05) is 46.3 Å². The van der Waals surface area contributed by atoms with E-state index in [1.807, 2.05) is 36.4 Å². The van der Waals surface area contributed by atoms with Gasteiger partial charge in [-0.25, -0.2) is 13.2 Å². The molecule has 4 rings (SSSR count). The second-order valence-corrected chi connectivity index (χ2v) is 10.1. The van der Waals surface area contributed by atoms with E-state index in [-0.39, 0.29) is 27.7 Å². The lowest BCUT2D eigenvalue weighted by atomic mass is 10.1. The summed E-state index contributed by atoms with van der Waals surface area (Å²) >= 11 is 3.32.